The Bertz CT molecular complexity index is 6550. The van der Waals surface area contributed by atoms with Crippen molar-refractivity contribution in [2.75, 3.05) is 74.0 Å². The molecule has 12 aromatic rings. The molecular weight excluding hydrogens is 2040 g/mol. The summed E-state index contributed by atoms with van der Waals surface area (Å²) in [4.78, 5) is 135. The molecule has 21 rings (SSSR count). The van der Waals surface area contributed by atoms with Crippen LogP contribution in [0.5, 0.6) is 0 Å². The van der Waals surface area contributed by atoms with Crippen LogP contribution in [0.2, 0.25) is 0 Å². The summed E-state index contributed by atoms with van der Waals surface area (Å²) >= 11 is 24.9. The minimum atomic E-state index is -5.09. The van der Waals surface area contributed by atoms with Crippen LogP contribution in [0.3, 0.4) is 0 Å². The van der Waals surface area contributed by atoms with Gasteiger partial charge in [-0.2, -0.15) is 15.0 Å². The lowest BCUT2D eigenvalue weighted by molar-refractivity contribution is -0.0639. The fourth-order valence-corrected chi connectivity index (χ4v) is 24.8. The van der Waals surface area contributed by atoms with E-state index in [1.54, 1.807) is 0 Å². The smallest absolute Gasteiger partial charge is 0.398 e. The number of hydrogen-bond donors (Lipinski definition) is 15. The number of phosphoric ester groups is 1. The van der Waals surface area contributed by atoms with Crippen molar-refractivity contribution in [3.8, 4) is 0 Å². The lowest BCUT2D eigenvalue weighted by atomic mass is 10.1. The number of nitrogen functional groups attached to an aromatic ring is 6. The predicted molar refractivity (Wildman–Crippen MR) is 469 cm³/mol. The summed E-state index contributed by atoms with van der Waals surface area (Å²) in [5.41, 5.74) is 33.1. The van der Waals surface area contributed by atoms with E-state index in [-0.39, 0.29) is 121 Å². The summed E-state index contributed by atoms with van der Waals surface area (Å²) in [6.07, 6.45) is -18.4. The molecule has 0 aromatic carbocycles. The van der Waals surface area contributed by atoms with Gasteiger partial charge in [0, 0.05) is 73.5 Å². The van der Waals surface area contributed by atoms with Gasteiger partial charge in [0.05, 0.1) is 87.0 Å². The number of nitrogens with one attached hydrogen (secondary N) is 3. The maximum atomic E-state index is 15.9. The number of thiol groups is 1. The van der Waals surface area contributed by atoms with E-state index in [9.17, 15) is 61.2 Å². The second kappa shape index (κ2) is 36.6. The highest BCUT2D eigenvalue weighted by Crippen LogP contribution is 2.61. The maximum Gasteiger partial charge on any atom is 0.472 e. The molecule has 0 amide bonds. The number of pyridine rings is 3. The van der Waals surface area contributed by atoms with Crippen molar-refractivity contribution < 1.29 is 143 Å². The Morgan fingerprint density at radius 1 is 0.378 bits per heavy atom. The number of alkyl halides is 3. The summed E-state index contributed by atoms with van der Waals surface area (Å²) in [6, 6.07) is 4.33. The molecule has 20 N–H and O–H groups in total. The Morgan fingerprint density at radius 2 is 0.667 bits per heavy atom. The molecule has 0 spiro atoms. The zero-order chi connectivity index (χ0) is 95.5. The van der Waals surface area contributed by atoms with Crippen LogP contribution in [-0.2, 0) is 139 Å². The van der Waals surface area contributed by atoms with E-state index >= 15 is 13.2 Å². The first kappa shape index (κ1) is 95.9. The second-order valence-corrected chi connectivity index (χ2v) is 46.6. The number of halogens is 6. The summed E-state index contributed by atoms with van der Waals surface area (Å²) < 4.78 is 228. The zero-order valence-electron chi connectivity index (χ0n) is 67.7. The number of ether oxygens (including phenoxy) is 6. The van der Waals surface area contributed by atoms with Crippen molar-refractivity contribution in [3.63, 3.8) is 0 Å². The minimum Gasteiger partial charge on any atom is -0.398 e. The summed E-state index contributed by atoms with van der Waals surface area (Å²) in [6.45, 7) is -24.6. The van der Waals surface area contributed by atoms with Gasteiger partial charge in [0.15, 0.2) is 88.1 Å². The highest BCUT2D eigenvalue weighted by Gasteiger charge is 2.57. The van der Waals surface area contributed by atoms with Crippen molar-refractivity contribution in [1.82, 2.24) is 87.2 Å². The summed E-state index contributed by atoms with van der Waals surface area (Å²) in [5.74, 6) is -2.70. The first-order chi connectivity index (χ1) is 63.9. The monoisotopic (exact) mass is 2110 g/mol. The van der Waals surface area contributed by atoms with Crippen molar-refractivity contribution in [2.45, 2.75) is 148 Å². The van der Waals surface area contributed by atoms with Gasteiger partial charge in [0.25, 0.3) is 16.7 Å². The number of phosphoric acid groups is 1. The number of aromatic nitrogens is 18. The van der Waals surface area contributed by atoms with Crippen LogP contribution in [0.15, 0.2) is 88.7 Å². The molecule has 135 heavy (non-hydrogen) atoms. The Labute approximate surface area is 773 Å². The lowest BCUT2D eigenvalue weighted by Gasteiger charge is -2.27. The fourth-order valence-electron chi connectivity index (χ4n) is 16.6. The topological polar surface area (TPSA) is 702 Å². The quantitative estimate of drug-likeness (QED) is 0.0621. The van der Waals surface area contributed by atoms with Crippen LogP contribution >= 0.6 is 53.7 Å². The average Bonchev–Trinajstić information content (AvgIpc) is 1.62. The van der Waals surface area contributed by atoms with E-state index < -0.39 is 244 Å². The molecule has 9 saturated heterocycles. The first-order valence-corrected chi connectivity index (χ1v) is 54.1. The summed E-state index contributed by atoms with van der Waals surface area (Å²) in [7, 11) is -5.09. The number of imidazole rings is 3. The minimum absolute atomic E-state index is 0.00449. The van der Waals surface area contributed by atoms with E-state index in [0.29, 0.717) is 0 Å². The largest absolute Gasteiger partial charge is 0.472 e. The fraction of sp³-hybridized carbons (Fsp3) is 0.455. The van der Waals surface area contributed by atoms with Gasteiger partial charge in [0.2, 0.25) is 17.8 Å². The van der Waals surface area contributed by atoms with Crippen LogP contribution < -0.4 is 51.1 Å². The number of aromatic amines is 3. The van der Waals surface area contributed by atoms with Crippen LogP contribution in [0.25, 0.3) is 66.6 Å². The number of rotatable bonds is 6. The Balaban J connectivity index is 0.000000130. The Hall–Kier alpha value is -8.01. The number of anilines is 6. The van der Waals surface area contributed by atoms with Crippen molar-refractivity contribution in [3.05, 3.63) is 123 Å². The predicted octanol–water partition coefficient (Wildman–Crippen LogP) is 4.45. The first-order valence-electron chi connectivity index (χ1n) is 39.6. The second-order valence-electron chi connectivity index (χ2n) is 31.1. The number of fused-ring (bicyclic) bond motifs is 15. The van der Waals surface area contributed by atoms with Crippen LogP contribution in [0.4, 0.5) is 61.2 Å². The molecule has 726 valence electrons. The van der Waals surface area contributed by atoms with Gasteiger partial charge in [-0.1, -0.05) is 12.2 Å². The molecule has 9 aliphatic heterocycles. The third kappa shape index (κ3) is 19.0. The average molecular weight is 2110 g/mol. The van der Waals surface area contributed by atoms with Crippen LogP contribution in [0, 0.1) is 17.5 Å². The Kier molecular flexibility index (Phi) is 26.0. The highest BCUT2D eigenvalue weighted by molar-refractivity contribution is 8.44. The maximum absolute atomic E-state index is 15.9. The van der Waals surface area contributed by atoms with Gasteiger partial charge in [-0.15, -0.1) is 0 Å². The standard InChI is InChI=1S/C22H24F2N8O10P2S.2C22H24F2N8O9P2S2/c23-8-4-31(18-14(8)9(25)1-2-27-18)13-3-10-11(39-13)5-37-43(34,35)42-17-15(24)12(6-38-44(36,45)41-10)40-21(17)32-7-28-16-19(32)29-22(26)30-20(16)33;2*23-8-4-31(18-14(8)9(25)1-2-27-18)13-3-10-11(38-13)5-36-43(35,45)41-17-15(24)12(6-37-42(34,44)40-10)39-21(17)32-7-28-16-19(32)29-22(26)30-20(16)33/h1-2,4,7,10-13,15,17,21H,3,5-6H2,(H2,25,27)(H,34,35)(H,36,45)(H3,26,29,30,33);2*1-2,4,7,10-13,15,17,21H,3,5-6H2,(H2,25,27)(H,34,44)(H,35,45)(H3,26,29,30,33)/t10-,11+,12+,13+,15+,17+,21+,44?;2*10-,11+,12+,13+,15+,17+,21+,42?,43?/m000/s1. The molecular formula is C66H72F6N24O28P6S5. The highest BCUT2D eigenvalue weighted by atomic mass is 32.7. The molecule has 21 heterocycles. The molecule has 6 unspecified atom stereocenters. The molecule has 52 nitrogen and oxygen atoms in total. The number of H-pyrrole nitrogens is 3. The van der Waals surface area contributed by atoms with E-state index in [4.69, 9.17) is 164 Å². The van der Waals surface area contributed by atoms with E-state index in [1.807, 2.05) is 0 Å². The molecule has 0 radical (unpaired) electrons. The Morgan fingerprint density at radius 3 is 1.00 bits per heavy atom. The molecule has 12 aromatic heterocycles. The molecule has 0 aliphatic carbocycles. The number of nitrogens with two attached hydrogens (primary N) is 6. The normalized spacial score (nSPS) is 36.0. The molecule has 27 atom stereocenters. The van der Waals surface area contributed by atoms with E-state index in [2.05, 4.69) is 72.1 Å². The molecule has 69 heteroatoms. The zero-order valence-corrected chi connectivity index (χ0v) is 77.3. The van der Waals surface area contributed by atoms with E-state index in [0.717, 1.165) is 42.1 Å². The van der Waals surface area contributed by atoms with Crippen molar-refractivity contribution >= 4 is 202 Å². The van der Waals surface area contributed by atoms with Gasteiger partial charge in [-0.05, 0) is 65.4 Å². The third-order valence-corrected chi connectivity index (χ3v) is 31.4. The number of nitrogens with zero attached hydrogens (tertiary/aromatic N) is 15. The summed E-state index contributed by atoms with van der Waals surface area (Å²) in [5, 5.41) is 0.235. The number of hydrogen-bond acceptors (Lipinski definition) is 42. The van der Waals surface area contributed by atoms with Crippen molar-refractivity contribution in [2.24, 2.45) is 0 Å². The third-order valence-electron chi connectivity index (χ3n) is 22.5. The van der Waals surface area contributed by atoms with Crippen LogP contribution in [0.1, 0.15) is 56.6 Å². The van der Waals surface area contributed by atoms with E-state index in [1.165, 1.54) is 59.6 Å². The molecule has 0 saturated carbocycles. The van der Waals surface area contributed by atoms with Gasteiger partial charge in [0.1, 0.15) is 96.7 Å². The van der Waals surface area contributed by atoms with Gasteiger partial charge < -0.3 is 128 Å². The molecule has 6 bridgehead atoms. The van der Waals surface area contributed by atoms with Crippen LogP contribution in [-0.4, -0.2) is 243 Å². The van der Waals surface area contributed by atoms with Gasteiger partial charge >= 0.3 is 41.5 Å². The van der Waals surface area contributed by atoms with Gasteiger partial charge in [-0.3, -0.25) is 70.2 Å². The lowest BCUT2D eigenvalue weighted by Crippen LogP contribution is -2.32. The van der Waals surface area contributed by atoms with Gasteiger partial charge in [-0.25, -0.2) is 65.4 Å². The van der Waals surface area contributed by atoms with Crippen molar-refractivity contribution in [1.29, 1.82) is 0 Å². The molecule has 9 fully saturated rings. The molecule has 9 aliphatic rings. The SMILES string of the molecule is Nc1nc2c(ncn2[C@@H]2O[C@@H]3COP(=O)(S)O[C@H]4C[C@H](n5cc(F)c6c(N)ccnc65)O[C@@H]4COP(O)(=S)O[C@@H]2[C@@H]3F)c(=O)[nH]1.Nc1nc2c(ncn2[C@@H]2O[C@@H]3COP(O)(=S)O[C@H]4C[C@H](n5cc(F)c6c(N)ccnc65)O[C@@H]4COP(=O)(O)O[C@@H]2[C@@H]3F)c(=O)[nH]1.Nc1nc2c(ncn2[C@@H]2O[C@@H]3COP(O)(=S)O[C@H]4C[C@H](n5cc(F)c6c(N)ccnc65)O[C@@H]4COP(O)(=S)O[C@@H]2[C@@H]3F)c(=O)[nH]1.